The Morgan fingerprint density at radius 3 is 2.64 bits per heavy atom. The zero-order valence-electron chi connectivity index (χ0n) is 16.4. The minimum atomic E-state index is -0.856. The molecule has 1 aromatic heterocycles. The van der Waals surface area contributed by atoms with E-state index in [0.717, 1.165) is 25.9 Å². The van der Waals surface area contributed by atoms with Crippen LogP contribution in [0.1, 0.15) is 25.6 Å². The summed E-state index contributed by atoms with van der Waals surface area (Å²) in [6, 6.07) is 5.98. The lowest BCUT2D eigenvalue weighted by atomic mass is 10.3. The van der Waals surface area contributed by atoms with E-state index in [0.29, 0.717) is 17.7 Å². The Bertz CT molecular complexity index is 826. The van der Waals surface area contributed by atoms with Crippen molar-refractivity contribution in [3.8, 4) is 5.75 Å². The second-order valence-electron chi connectivity index (χ2n) is 6.85. The van der Waals surface area contributed by atoms with E-state index in [2.05, 4.69) is 25.2 Å². The van der Waals surface area contributed by atoms with Gasteiger partial charge in [0, 0.05) is 27.2 Å². The molecule has 28 heavy (non-hydrogen) atoms. The fourth-order valence-electron chi connectivity index (χ4n) is 2.83. The summed E-state index contributed by atoms with van der Waals surface area (Å²) in [4.78, 5) is 29.6. The first-order chi connectivity index (χ1) is 13.4. The predicted molar refractivity (Wildman–Crippen MR) is 104 cm³/mol. The quantitative estimate of drug-likeness (QED) is 0.774. The van der Waals surface area contributed by atoms with Crippen LogP contribution in [-0.2, 0) is 11.3 Å². The van der Waals surface area contributed by atoms with Gasteiger partial charge in [-0.15, -0.1) is 0 Å². The SMILES string of the molecule is CC(Oc1ccccc1F)C(=O)NCc1nc(N(C)C)nc(N2CCCC2)n1. The molecule has 1 N–H and O–H groups in total. The van der Waals surface area contributed by atoms with Crippen LogP contribution >= 0.6 is 0 Å². The first kappa shape index (κ1) is 19.8. The average molecular weight is 388 g/mol. The number of carbonyl (C=O) groups excluding carboxylic acids is 1. The number of nitrogens with zero attached hydrogens (tertiary/aromatic N) is 5. The Hall–Kier alpha value is -2.97. The summed E-state index contributed by atoms with van der Waals surface area (Å²) >= 11 is 0. The lowest BCUT2D eigenvalue weighted by Crippen LogP contribution is -2.36. The third-order valence-corrected chi connectivity index (χ3v) is 4.38. The number of aromatic nitrogens is 3. The van der Waals surface area contributed by atoms with Crippen molar-refractivity contribution in [3.05, 3.63) is 35.9 Å². The molecule has 2 aromatic rings. The fourth-order valence-corrected chi connectivity index (χ4v) is 2.83. The van der Waals surface area contributed by atoms with Crippen molar-refractivity contribution in [2.24, 2.45) is 0 Å². The molecule has 1 aliphatic rings. The molecule has 1 aliphatic heterocycles. The molecule has 1 amide bonds. The number of hydrogen-bond donors (Lipinski definition) is 1. The lowest BCUT2D eigenvalue weighted by Gasteiger charge is -2.19. The molecule has 0 bridgehead atoms. The van der Waals surface area contributed by atoms with Crippen LogP contribution in [0, 0.1) is 5.82 Å². The summed E-state index contributed by atoms with van der Waals surface area (Å²) in [5.41, 5.74) is 0. The molecule has 0 radical (unpaired) electrons. The molecule has 1 unspecified atom stereocenters. The van der Waals surface area contributed by atoms with Gasteiger partial charge in [0.15, 0.2) is 23.5 Å². The molecule has 3 rings (SSSR count). The second-order valence-corrected chi connectivity index (χ2v) is 6.85. The van der Waals surface area contributed by atoms with Crippen molar-refractivity contribution in [2.45, 2.75) is 32.4 Å². The van der Waals surface area contributed by atoms with Crippen LogP contribution < -0.4 is 19.9 Å². The van der Waals surface area contributed by atoms with Gasteiger partial charge in [0.1, 0.15) is 0 Å². The number of nitrogens with one attached hydrogen (secondary N) is 1. The maximum absolute atomic E-state index is 13.7. The summed E-state index contributed by atoms with van der Waals surface area (Å²) in [5, 5.41) is 2.75. The number of rotatable bonds is 7. The molecule has 1 saturated heterocycles. The minimum absolute atomic E-state index is 0.0384. The van der Waals surface area contributed by atoms with Crippen molar-refractivity contribution in [3.63, 3.8) is 0 Å². The monoisotopic (exact) mass is 388 g/mol. The fraction of sp³-hybridized carbons (Fsp3) is 0.474. The predicted octanol–water partition coefficient (Wildman–Crippen LogP) is 1.76. The number of para-hydroxylation sites is 1. The number of halogens is 1. The number of anilines is 2. The molecule has 1 aromatic carbocycles. The van der Waals surface area contributed by atoms with Crippen LogP contribution in [0.2, 0.25) is 0 Å². The van der Waals surface area contributed by atoms with E-state index in [9.17, 15) is 9.18 Å². The molecule has 9 heteroatoms. The van der Waals surface area contributed by atoms with Crippen LogP contribution in [0.25, 0.3) is 0 Å². The number of amides is 1. The molecule has 150 valence electrons. The molecule has 0 aliphatic carbocycles. The first-order valence-corrected chi connectivity index (χ1v) is 9.30. The van der Waals surface area contributed by atoms with Crippen molar-refractivity contribution >= 4 is 17.8 Å². The van der Waals surface area contributed by atoms with E-state index in [-0.39, 0.29) is 18.2 Å². The Morgan fingerprint density at radius 1 is 1.25 bits per heavy atom. The van der Waals surface area contributed by atoms with E-state index in [1.54, 1.807) is 24.0 Å². The van der Waals surface area contributed by atoms with Crippen molar-refractivity contribution < 1.29 is 13.9 Å². The van der Waals surface area contributed by atoms with Crippen LogP contribution in [0.4, 0.5) is 16.3 Å². The highest BCUT2D eigenvalue weighted by atomic mass is 19.1. The van der Waals surface area contributed by atoms with Gasteiger partial charge < -0.3 is 19.9 Å². The molecule has 8 nitrogen and oxygen atoms in total. The average Bonchev–Trinajstić information content (AvgIpc) is 3.22. The van der Waals surface area contributed by atoms with Crippen molar-refractivity contribution in [2.75, 3.05) is 37.0 Å². The first-order valence-electron chi connectivity index (χ1n) is 9.30. The Labute approximate surface area is 163 Å². The van der Waals surface area contributed by atoms with E-state index >= 15 is 0 Å². The Kier molecular flexibility index (Phi) is 6.23. The lowest BCUT2D eigenvalue weighted by molar-refractivity contribution is -0.127. The Balaban J connectivity index is 1.65. The van der Waals surface area contributed by atoms with E-state index < -0.39 is 11.9 Å². The third kappa shape index (κ3) is 4.85. The number of ether oxygens (including phenoxy) is 1. The summed E-state index contributed by atoms with van der Waals surface area (Å²) in [6.07, 6.45) is 1.37. The molecule has 1 atom stereocenters. The van der Waals surface area contributed by atoms with Gasteiger partial charge in [0.05, 0.1) is 6.54 Å². The molecule has 0 saturated carbocycles. The minimum Gasteiger partial charge on any atom is -0.478 e. The molecule has 1 fully saturated rings. The molecule has 0 spiro atoms. The zero-order chi connectivity index (χ0) is 20.1. The van der Waals surface area contributed by atoms with Crippen LogP contribution in [0.15, 0.2) is 24.3 Å². The van der Waals surface area contributed by atoms with Gasteiger partial charge in [-0.1, -0.05) is 12.1 Å². The van der Waals surface area contributed by atoms with Gasteiger partial charge in [-0.05, 0) is 31.9 Å². The largest absolute Gasteiger partial charge is 0.478 e. The summed E-state index contributed by atoms with van der Waals surface area (Å²) < 4.78 is 19.1. The highest BCUT2D eigenvalue weighted by molar-refractivity contribution is 5.80. The smallest absolute Gasteiger partial charge is 0.261 e. The molecular weight excluding hydrogens is 363 g/mol. The molecule has 2 heterocycles. The van der Waals surface area contributed by atoms with Crippen LogP contribution in [0.5, 0.6) is 5.75 Å². The standard InChI is InChI=1S/C19H25FN6O2/c1-13(28-15-9-5-4-8-14(15)20)17(27)21-12-16-22-18(25(2)3)24-19(23-16)26-10-6-7-11-26/h4-5,8-9,13H,6-7,10-12H2,1-3H3,(H,21,27). The van der Waals surface area contributed by atoms with Gasteiger partial charge in [0.2, 0.25) is 11.9 Å². The highest BCUT2D eigenvalue weighted by Gasteiger charge is 2.20. The van der Waals surface area contributed by atoms with Crippen molar-refractivity contribution in [1.82, 2.24) is 20.3 Å². The summed E-state index contributed by atoms with van der Waals surface area (Å²) in [6.45, 7) is 3.52. The van der Waals surface area contributed by atoms with Crippen molar-refractivity contribution in [1.29, 1.82) is 0 Å². The van der Waals surface area contributed by atoms with Gasteiger partial charge in [-0.25, -0.2) is 4.39 Å². The third-order valence-electron chi connectivity index (χ3n) is 4.38. The summed E-state index contributed by atoms with van der Waals surface area (Å²) in [7, 11) is 3.71. The second kappa shape index (κ2) is 8.81. The normalized spacial score (nSPS) is 14.6. The number of hydrogen-bond acceptors (Lipinski definition) is 7. The highest BCUT2D eigenvalue weighted by Crippen LogP contribution is 2.19. The van der Waals surface area contributed by atoms with Gasteiger partial charge in [-0.2, -0.15) is 15.0 Å². The zero-order valence-corrected chi connectivity index (χ0v) is 16.4. The van der Waals surface area contributed by atoms with Crippen LogP contribution in [0.3, 0.4) is 0 Å². The molecular formula is C19H25FN6O2. The van der Waals surface area contributed by atoms with E-state index in [1.165, 1.54) is 12.1 Å². The topological polar surface area (TPSA) is 83.5 Å². The summed E-state index contributed by atoms with van der Waals surface area (Å²) in [5.74, 6) is 0.778. The maximum Gasteiger partial charge on any atom is 0.261 e. The number of carbonyl (C=O) groups is 1. The van der Waals surface area contributed by atoms with Gasteiger partial charge in [0.25, 0.3) is 5.91 Å². The van der Waals surface area contributed by atoms with E-state index in [4.69, 9.17) is 4.74 Å². The Morgan fingerprint density at radius 2 is 1.96 bits per heavy atom. The van der Waals surface area contributed by atoms with E-state index in [1.807, 2.05) is 14.1 Å². The number of benzene rings is 1. The van der Waals surface area contributed by atoms with Gasteiger partial charge >= 0.3 is 0 Å². The van der Waals surface area contributed by atoms with Gasteiger partial charge in [-0.3, -0.25) is 4.79 Å². The maximum atomic E-state index is 13.7. The van der Waals surface area contributed by atoms with Crippen LogP contribution in [-0.4, -0.2) is 54.1 Å².